The van der Waals surface area contributed by atoms with Gasteiger partial charge in [-0.25, -0.2) is 0 Å². The van der Waals surface area contributed by atoms with Crippen molar-refractivity contribution >= 4 is 41.8 Å². The van der Waals surface area contributed by atoms with Crippen LogP contribution in [0.25, 0.3) is 6.08 Å². The first-order valence-electron chi connectivity index (χ1n) is 12.0. The molecule has 40 heavy (non-hydrogen) atoms. The van der Waals surface area contributed by atoms with Gasteiger partial charge < -0.3 is 38.5 Å². The maximum Gasteiger partial charge on any atom is 0.308 e. The topological polar surface area (TPSA) is 179 Å². The third kappa shape index (κ3) is 9.69. The molecule has 1 heterocycles. The number of benzene rings is 1. The van der Waals surface area contributed by atoms with Crippen molar-refractivity contribution in [2.45, 2.75) is 65.3 Å². The molecule has 0 aromatic heterocycles. The highest BCUT2D eigenvalue weighted by Gasteiger charge is 2.52. The lowest BCUT2D eigenvalue weighted by atomic mass is 9.96. The average molecular weight is 566 g/mol. The molecule has 1 aliphatic heterocycles. The van der Waals surface area contributed by atoms with Gasteiger partial charge in [0.2, 0.25) is 12.2 Å². The van der Waals surface area contributed by atoms with Gasteiger partial charge in [0, 0.05) is 40.7 Å². The fourth-order valence-electron chi connectivity index (χ4n) is 3.73. The van der Waals surface area contributed by atoms with Crippen molar-refractivity contribution in [2.75, 3.05) is 13.7 Å². The van der Waals surface area contributed by atoms with Crippen LogP contribution in [-0.4, -0.2) is 80.1 Å². The minimum Gasteiger partial charge on any atom is -0.493 e. The standard InChI is InChI=1S/C26H31NO13/c1-13(28)35-12-21-24(37-15(3)30)25(38-16(4)31)23(26(40-21)39-17(5)32)27-22(33)10-8-18-7-9-19(36-14(2)29)20(11-18)34-6/h7-11,21,23-26H,12H2,1-6H3,(H,27,33)/b10-8+/t21-,23-,24+,25-,26-/m1/s1. The van der Waals surface area contributed by atoms with Gasteiger partial charge in [-0.15, -0.1) is 0 Å². The zero-order valence-corrected chi connectivity index (χ0v) is 22.8. The van der Waals surface area contributed by atoms with Gasteiger partial charge in [-0.1, -0.05) is 6.07 Å². The molecule has 1 saturated heterocycles. The fourth-order valence-corrected chi connectivity index (χ4v) is 3.73. The average Bonchev–Trinajstić information content (AvgIpc) is 2.84. The minimum absolute atomic E-state index is 0.184. The number of amides is 1. The van der Waals surface area contributed by atoms with Crippen LogP contribution in [0.3, 0.4) is 0 Å². The molecule has 0 bridgehead atoms. The van der Waals surface area contributed by atoms with Crippen molar-refractivity contribution in [2.24, 2.45) is 0 Å². The van der Waals surface area contributed by atoms with Crippen molar-refractivity contribution in [3.8, 4) is 11.5 Å². The Hall–Kier alpha value is -4.46. The summed E-state index contributed by atoms with van der Waals surface area (Å²) in [6, 6.07) is 3.22. The van der Waals surface area contributed by atoms with E-state index in [2.05, 4.69) is 5.32 Å². The van der Waals surface area contributed by atoms with Crippen LogP contribution in [0.4, 0.5) is 0 Å². The molecule has 1 amide bonds. The van der Waals surface area contributed by atoms with E-state index < -0.39 is 73.0 Å². The molecule has 14 heteroatoms. The Morgan fingerprint density at radius 3 is 2.00 bits per heavy atom. The summed E-state index contributed by atoms with van der Waals surface area (Å²) in [4.78, 5) is 71.2. The zero-order valence-electron chi connectivity index (χ0n) is 22.8. The van der Waals surface area contributed by atoms with Crippen LogP contribution in [-0.2, 0) is 52.5 Å². The maximum absolute atomic E-state index is 12.9. The third-order valence-electron chi connectivity index (χ3n) is 5.16. The summed E-state index contributed by atoms with van der Waals surface area (Å²) in [5, 5.41) is 2.55. The molecule has 1 fully saturated rings. The molecule has 0 saturated carbocycles. The van der Waals surface area contributed by atoms with Crippen LogP contribution in [0.5, 0.6) is 11.5 Å². The number of hydrogen-bond donors (Lipinski definition) is 1. The van der Waals surface area contributed by atoms with Gasteiger partial charge in [0.15, 0.2) is 23.7 Å². The number of ether oxygens (including phenoxy) is 7. The van der Waals surface area contributed by atoms with Crippen LogP contribution in [0.15, 0.2) is 24.3 Å². The Morgan fingerprint density at radius 1 is 0.825 bits per heavy atom. The molecule has 1 aliphatic rings. The van der Waals surface area contributed by atoms with Crippen LogP contribution in [0.1, 0.15) is 40.2 Å². The number of carbonyl (C=O) groups excluding carboxylic acids is 6. The van der Waals surface area contributed by atoms with Gasteiger partial charge in [0.1, 0.15) is 18.8 Å². The minimum atomic E-state index is -1.52. The number of esters is 5. The van der Waals surface area contributed by atoms with Crippen molar-refractivity contribution in [1.82, 2.24) is 5.32 Å². The summed E-state index contributed by atoms with van der Waals surface area (Å²) >= 11 is 0. The summed E-state index contributed by atoms with van der Waals surface area (Å²) in [6.45, 7) is 5.23. The predicted octanol–water partition coefficient (Wildman–Crippen LogP) is 0.833. The summed E-state index contributed by atoms with van der Waals surface area (Å²) in [7, 11) is 1.38. The molecule has 1 N–H and O–H groups in total. The fraction of sp³-hybridized carbons (Fsp3) is 0.462. The van der Waals surface area contributed by atoms with Crippen molar-refractivity contribution in [3.05, 3.63) is 29.8 Å². The van der Waals surface area contributed by atoms with E-state index in [9.17, 15) is 28.8 Å². The second-order valence-electron chi connectivity index (χ2n) is 8.47. The monoisotopic (exact) mass is 565 g/mol. The highest BCUT2D eigenvalue weighted by atomic mass is 16.7. The number of carbonyl (C=O) groups is 6. The maximum atomic E-state index is 12.9. The molecular weight excluding hydrogens is 534 g/mol. The third-order valence-corrected chi connectivity index (χ3v) is 5.16. The lowest BCUT2D eigenvalue weighted by molar-refractivity contribution is -0.270. The van der Waals surface area contributed by atoms with Crippen LogP contribution in [0, 0.1) is 0 Å². The van der Waals surface area contributed by atoms with Crippen LogP contribution >= 0.6 is 0 Å². The molecule has 14 nitrogen and oxygen atoms in total. The normalized spacial score (nSPS) is 22.0. The molecule has 0 aliphatic carbocycles. The van der Waals surface area contributed by atoms with E-state index in [1.165, 1.54) is 32.2 Å². The molecular formula is C26H31NO13. The van der Waals surface area contributed by atoms with E-state index in [0.717, 1.165) is 33.8 Å². The van der Waals surface area contributed by atoms with E-state index >= 15 is 0 Å². The summed E-state index contributed by atoms with van der Waals surface area (Å²) in [6.07, 6.45) is -2.95. The number of methoxy groups -OCH3 is 1. The SMILES string of the molecule is COc1cc(/C=C/C(=O)N[C@H]2[C@H](OC(C)=O)O[C@H](COC(C)=O)[C@H](OC(C)=O)[C@@H]2OC(C)=O)ccc1OC(C)=O. The van der Waals surface area contributed by atoms with Gasteiger partial charge >= 0.3 is 29.8 Å². The van der Waals surface area contributed by atoms with E-state index in [1.807, 2.05) is 0 Å². The summed E-state index contributed by atoms with van der Waals surface area (Å²) in [5.41, 5.74) is 0.495. The van der Waals surface area contributed by atoms with E-state index in [4.69, 9.17) is 33.2 Å². The van der Waals surface area contributed by atoms with Gasteiger partial charge in [-0.2, -0.15) is 0 Å². The number of rotatable bonds is 10. The van der Waals surface area contributed by atoms with Crippen molar-refractivity contribution < 1.29 is 61.9 Å². The quantitative estimate of drug-likeness (QED) is 0.183. The zero-order chi connectivity index (χ0) is 30.0. The van der Waals surface area contributed by atoms with E-state index in [-0.39, 0.29) is 11.5 Å². The largest absolute Gasteiger partial charge is 0.493 e. The predicted molar refractivity (Wildman–Crippen MR) is 133 cm³/mol. The summed E-state index contributed by atoms with van der Waals surface area (Å²) in [5.74, 6) is -3.88. The van der Waals surface area contributed by atoms with Gasteiger partial charge in [0.05, 0.1) is 7.11 Å². The first-order valence-corrected chi connectivity index (χ1v) is 12.0. The Balaban J connectivity index is 2.37. The second kappa shape index (κ2) is 14.6. The Kier molecular flexibility index (Phi) is 11.6. The Morgan fingerprint density at radius 2 is 1.45 bits per heavy atom. The Bertz CT molecular complexity index is 1160. The second-order valence-corrected chi connectivity index (χ2v) is 8.47. The molecule has 0 unspecified atom stereocenters. The lowest BCUT2D eigenvalue weighted by Gasteiger charge is -2.44. The molecule has 5 atom stereocenters. The number of hydrogen-bond acceptors (Lipinski definition) is 13. The van der Waals surface area contributed by atoms with Gasteiger partial charge in [-0.3, -0.25) is 28.8 Å². The smallest absolute Gasteiger partial charge is 0.308 e. The van der Waals surface area contributed by atoms with Crippen LogP contribution in [0.2, 0.25) is 0 Å². The molecule has 218 valence electrons. The van der Waals surface area contributed by atoms with Gasteiger partial charge in [-0.05, 0) is 23.8 Å². The molecule has 1 aromatic carbocycles. The highest BCUT2D eigenvalue weighted by molar-refractivity contribution is 5.92. The molecule has 0 radical (unpaired) electrons. The molecule has 0 spiro atoms. The summed E-state index contributed by atoms with van der Waals surface area (Å²) < 4.78 is 36.9. The Labute approximate surface area is 229 Å². The van der Waals surface area contributed by atoms with Crippen LogP contribution < -0.4 is 14.8 Å². The van der Waals surface area contributed by atoms with Crippen molar-refractivity contribution in [3.63, 3.8) is 0 Å². The van der Waals surface area contributed by atoms with Gasteiger partial charge in [0.25, 0.3) is 0 Å². The first kappa shape index (κ1) is 31.8. The van der Waals surface area contributed by atoms with E-state index in [1.54, 1.807) is 6.07 Å². The van der Waals surface area contributed by atoms with Crippen molar-refractivity contribution in [1.29, 1.82) is 0 Å². The molecule has 1 aromatic rings. The van der Waals surface area contributed by atoms with E-state index in [0.29, 0.717) is 5.56 Å². The molecule has 2 rings (SSSR count). The first-order chi connectivity index (χ1) is 18.8. The highest BCUT2D eigenvalue weighted by Crippen LogP contribution is 2.30. The number of nitrogens with one attached hydrogen (secondary N) is 1. The lowest BCUT2D eigenvalue weighted by Crippen LogP contribution is -2.66.